The highest BCUT2D eigenvalue weighted by molar-refractivity contribution is 6.35. The van der Waals surface area contributed by atoms with Crippen LogP contribution in [0.1, 0.15) is 36.4 Å². The van der Waals surface area contributed by atoms with Gasteiger partial charge in [0.25, 0.3) is 0 Å². The van der Waals surface area contributed by atoms with Crippen LogP contribution in [0.3, 0.4) is 0 Å². The van der Waals surface area contributed by atoms with E-state index >= 15 is 0 Å². The fraction of sp³-hybridized carbons (Fsp3) is 0.280. The van der Waals surface area contributed by atoms with Crippen molar-refractivity contribution in [3.63, 3.8) is 0 Å². The normalized spacial score (nSPS) is 15.8. The molecular weight excluding hydrogens is 473 g/mol. The number of anilines is 1. The Morgan fingerprint density at radius 1 is 0.875 bits per heavy atom. The van der Waals surface area contributed by atoms with Gasteiger partial charge in [0, 0.05) is 33.8 Å². The van der Waals surface area contributed by atoms with Gasteiger partial charge in [0.1, 0.15) is 0 Å². The van der Waals surface area contributed by atoms with Crippen molar-refractivity contribution in [3.8, 4) is 0 Å². The summed E-state index contributed by atoms with van der Waals surface area (Å²) in [5.74, 6) is -1.59. The van der Waals surface area contributed by atoms with Crippen molar-refractivity contribution in [1.29, 1.82) is 0 Å². The van der Waals surface area contributed by atoms with Gasteiger partial charge in [-0.2, -0.15) is 0 Å². The van der Waals surface area contributed by atoms with E-state index in [4.69, 9.17) is 34.8 Å². The van der Waals surface area contributed by atoms with Crippen LogP contribution >= 0.6 is 34.8 Å². The Morgan fingerprint density at radius 3 is 2.25 bits per heavy atom. The summed E-state index contributed by atoms with van der Waals surface area (Å²) in [4.78, 5) is 2.41. The lowest BCUT2D eigenvalue weighted by Crippen LogP contribution is -2.33. The van der Waals surface area contributed by atoms with Gasteiger partial charge in [-0.15, -0.1) is 0 Å². The van der Waals surface area contributed by atoms with Crippen LogP contribution in [0.5, 0.6) is 0 Å². The summed E-state index contributed by atoms with van der Waals surface area (Å²) in [5.41, 5.74) is 3.08. The zero-order chi connectivity index (χ0) is 23.1. The first kappa shape index (κ1) is 24.8. The Bertz CT molecular complexity index is 1030. The molecule has 4 rings (SSSR count). The molecule has 1 fully saturated rings. The maximum absolute atomic E-state index is 12.5. The number of piperidine rings is 1. The first-order valence-corrected chi connectivity index (χ1v) is 11.6. The van der Waals surface area contributed by atoms with Crippen molar-refractivity contribution in [3.05, 3.63) is 98.5 Å². The third-order valence-corrected chi connectivity index (χ3v) is 6.16. The molecule has 32 heavy (non-hydrogen) atoms. The highest BCUT2D eigenvalue weighted by Gasteiger charge is 2.26. The fourth-order valence-corrected chi connectivity index (χ4v) is 4.48. The van der Waals surface area contributed by atoms with E-state index in [1.165, 1.54) is 24.6 Å². The molecule has 3 aromatic carbocycles. The van der Waals surface area contributed by atoms with Crippen molar-refractivity contribution in [2.75, 3.05) is 18.5 Å². The summed E-state index contributed by atoms with van der Waals surface area (Å²) in [6, 6.07) is 18.0. The van der Waals surface area contributed by atoms with E-state index < -0.39 is 11.6 Å². The fourth-order valence-electron chi connectivity index (χ4n) is 3.82. The van der Waals surface area contributed by atoms with E-state index in [2.05, 4.69) is 22.3 Å². The minimum absolute atomic E-state index is 0.296. The molecule has 1 unspecified atom stereocenters. The maximum atomic E-state index is 12.5. The molecule has 1 saturated heterocycles. The van der Waals surface area contributed by atoms with Crippen molar-refractivity contribution >= 4 is 40.5 Å². The number of hydrogen-bond donors (Lipinski definition) is 1. The Balaban J connectivity index is 0.000000222. The van der Waals surface area contributed by atoms with Gasteiger partial charge in [-0.1, -0.05) is 46.9 Å². The zero-order valence-corrected chi connectivity index (χ0v) is 20.0. The van der Waals surface area contributed by atoms with Crippen molar-refractivity contribution in [1.82, 2.24) is 5.32 Å². The molecular formula is C25H25Cl3F2N2. The number of halogens is 5. The first-order chi connectivity index (χ1) is 15.4. The zero-order valence-electron chi connectivity index (χ0n) is 17.7. The van der Waals surface area contributed by atoms with Gasteiger partial charge >= 0.3 is 0 Å². The van der Waals surface area contributed by atoms with Crippen LogP contribution < -0.4 is 10.2 Å². The SMILES string of the molecule is CNCc1ccc(F)c(F)c1.Clc1ccc(N2CCCCC2c2ccc(Cl)cc2Cl)cc1. The molecule has 1 aliphatic heterocycles. The minimum Gasteiger partial charge on any atom is -0.364 e. The molecule has 0 bridgehead atoms. The number of nitrogens with one attached hydrogen (secondary N) is 1. The first-order valence-electron chi connectivity index (χ1n) is 10.4. The van der Waals surface area contributed by atoms with Gasteiger partial charge in [-0.25, -0.2) is 8.78 Å². The second kappa shape index (κ2) is 11.9. The molecule has 1 heterocycles. The Morgan fingerprint density at radius 2 is 1.59 bits per heavy atom. The molecule has 1 N–H and O–H groups in total. The maximum Gasteiger partial charge on any atom is 0.159 e. The van der Waals surface area contributed by atoms with E-state index in [0.29, 0.717) is 17.6 Å². The van der Waals surface area contributed by atoms with Crippen molar-refractivity contribution in [2.45, 2.75) is 31.8 Å². The highest BCUT2D eigenvalue weighted by atomic mass is 35.5. The molecule has 1 aliphatic rings. The molecule has 0 radical (unpaired) electrons. The molecule has 0 saturated carbocycles. The van der Waals surface area contributed by atoms with Crippen LogP contribution in [-0.4, -0.2) is 13.6 Å². The molecule has 0 aliphatic carbocycles. The predicted octanol–water partition coefficient (Wildman–Crippen LogP) is 8.06. The Kier molecular flexibility index (Phi) is 9.18. The van der Waals surface area contributed by atoms with Crippen LogP contribution in [0.25, 0.3) is 0 Å². The monoisotopic (exact) mass is 496 g/mol. The molecule has 7 heteroatoms. The Hall–Kier alpha value is -1.85. The van der Waals surface area contributed by atoms with E-state index in [9.17, 15) is 8.78 Å². The standard InChI is InChI=1S/C17H16Cl3N.C8H9F2N/c18-12-4-7-14(8-5-12)21-10-2-1-3-17(21)15-9-6-13(19)11-16(15)20;1-11-5-6-2-3-7(9)8(10)4-6/h4-9,11,17H,1-3,10H2;2-4,11H,5H2,1H3. The highest BCUT2D eigenvalue weighted by Crippen LogP contribution is 2.38. The van der Waals surface area contributed by atoms with Crippen LogP contribution in [-0.2, 0) is 6.54 Å². The number of nitrogens with zero attached hydrogens (tertiary/aromatic N) is 1. The minimum atomic E-state index is -0.801. The van der Waals surface area contributed by atoms with Crippen LogP contribution in [0, 0.1) is 11.6 Å². The summed E-state index contributed by atoms with van der Waals surface area (Å²) >= 11 is 18.4. The van der Waals surface area contributed by atoms with E-state index in [-0.39, 0.29) is 0 Å². The molecule has 0 amide bonds. The third-order valence-electron chi connectivity index (χ3n) is 5.35. The Labute approximate surface area is 203 Å². The number of benzene rings is 3. The molecule has 2 nitrogen and oxygen atoms in total. The van der Waals surface area contributed by atoms with Gasteiger partial charge in [0.15, 0.2) is 11.6 Å². The molecule has 170 valence electrons. The summed E-state index contributed by atoms with van der Waals surface area (Å²) < 4.78 is 24.8. The second-order valence-corrected chi connectivity index (χ2v) is 8.91. The van der Waals surface area contributed by atoms with Crippen LogP contribution in [0.15, 0.2) is 60.7 Å². The van der Waals surface area contributed by atoms with Gasteiger partial charge in [-0.3, -0.25) is 0 Å². The molecule has 3 aromatic rings. The average molecular weight is 498 g/mol. The largest absolute Gasteiger partial charge is 0.364 e. The molecule has 1 atom stereocenters. The lowest BCUT2D eigenvalue weighted by Gasteiger charge is -2.38. The quantitative estimate of drug-likeness (QED) is 0.392. The van der Waals surface area contributed by atoms with Crippen LogP contribution in [0.2, 0.25) is 15.1 Å². The third kappa shape index (κ3) is 6.58. The average Bonchev–Trinajstić information content (AvgIpc) is 2.78. The predicted molar refractivity (Wildman–Crippen MR) is 131 cm³/mol. The van der Waals surface area contributed by atoms with Crippen molar-refractivity contribution in [2.24, 2.45) is 0 Å². The summed E-state index contributed by atoms with van der Waals surface area (Å²) in [6.45, 7) is 1.59. The summed E-state index contributed by atoms with van der Waals surface area (Å²) in [6.07, 6.45) is 3.52. The van der Waals surface area contributed by atoms with Gasteiger partial charge in [0.2, 0.25) is 0 Å². The van der Waals surface area contributed by atoms with E-state index in [1.807, 2.05) is 30.3 Å². The number of hydrogen-bond acceptors (Lipinski definition) is 2. The van der Waals surface area contributed by atoms with Gasteiger partial charge in [0.05, 0.1) is 6.04 Å². The van der Waals surface area contributed by atoms with Gasteiger partial charge < -0.3 is 10.2 Å². The van der Waals surface area contributed by atoms with Crippen molar-refractivity contribution < 1.29 is 8.78 Å². The van der Waals surface area contributed by atoms with Gasteiger partial charge in [-0.05, 0) is 86.0 Å². The lowest BCUT2D eigenvalue weighted by molar-refractivity contribution is 0.473. The topological polar surface area (TPSA) is 15.3 Å². The lowest BCUT2D eigenvalue weighted by atomic mass is 9.94. The molecule has 0 aromatic heterocycles. The second-order valence-electron chi connectivity index (χ2n) is 7.63. The summed E-state index contributed by atoms with van der Waals surface area (Å²) in [5, 5.41) is 5.02. The van der Waals surface area contributed by atoms with E-state index in [0.717, 1.165) is 40.2 Å². The van der Waals surface area contributed by atoms with Crippen LogP contribution in [0.4, 0.5) is 14.5 Å². The number of rotatable bonds is 4. The molecule has 0 spiro atoms. The smallest absolute Gasteiger partial charge is 0.159 e. The summed E-state index contributed by atoms with van der Waals surface area (Å²) in [7, 11) is 1.75. The van der Waals surface area contributed by atoms with E-state index in [1.54, 1.807) is 13.1 Å².